The maximum Gasteiger partial charge on any atom is 0.135 e. The van der Waals surface area contributed by atoms with Crippen molar-refractivity contribution in [2.75, 3.05) is 39.7 Å². The van der Waals surface area contributed by atoms with Gasteiger partial charge in [-0.3, -0.25) is 0 Å². The lowest BCUT2D eigenvalue weighted by Gasteiger charge is -2.13. The number of unbranched alkanes of at least 4 members (excludes halogenated alkanes) is 1. The second-order valence-corrected chi connectivity index (χ2v) is 7.18. The number of hydrogen-bond donors (Lipinski definition) is 0. The Kier molecular flexibility index (Phi) is 9.79. The highest BCUT2D eigenvalue weighted by atomic mass is 32.2. The molecule has 0 aliphatic rings. The second kappa shape index (κ2) is 9.50. The van der Waals surface area contributed by atoms with Crippen molar-refractivity contribution in [1.29, 1.82) is 0 Å². The molecule has 0 aromatic carbocycles. The van der Waals surface area contributed by atoms with Crippen LogP contribution in [0.5, 0.6) is 0 Å². The first-order valence-corrected chi connectivity index (χ1v) is 7.92. The SMILES string of the molecule is CN(C)C(=S)SCCCCSC(=S)N(C)C. The predicted molar refractivity (Wildman–Crippen MR) is 86.7 cm³/mol. The van der Waals surface area contributed by atoms with Crippen LogP contribution in [0.25, 0.3) is 0 Å². The van der Waals surface area contributed by atoms with E-state index in [1.807, 2.05) is 38.0 Å². The third-order valence-corrected chi connectivity index (χ3v) is 5.37. The molecule has 0 atom stereocenters. The Morgan fingerprint density at radius 1 is 0.812 bits per heavy atom. The molecule has 0 fully saturated rings. The summed E-state index contributed by atoms with van der Waals surface area (Å²) in [5.74, 6) is 2.21. The molecule has 0 rings (SSSR count). The Hall–Kier alpha value is 0.480. The van der Waals surface area contributed by atoms with Gasteiger partial charge in [0.2, 0.25) is 0 Å². The van der Waals surface area contributed by atoms with Crippen molar-refractivity contribution in [2.24, 2.45) is 0 Å². The number of hydrogen-bond acceptors (Lipinski definition) is 4. The van der Waals surface area contributed by atoms with Gasteiger partial charge in [-0.05, 0) is 12.8 Å². The van der Waals surface area contributed by atoms with Gasteiger partial charge in [0.1, 0.15) is 8.64 Å². The van der Waals surface area contributed by atoms with E-state index in [4.69, 9.17) is 24.4 Å². The second-order valence-electron chi connectivity index (χ2n) is 3.72. The lowest BCUT2D eigenvalue weighted by atomic mass is 10.4. The van der Waals surface area contributed by atoms with Crippen LogP contribution < -0.4 is 0 Å². The molecule has 0 heterocycles. The summed E-state index contributed by atoms with van der Waals surface area (Å²) in [5.41, 5.74) is 0. The van der Waals surface area contributed by atoms with E-state index in [0.29, 0.717) is 0 Å². The topological polar surface area (TPSA) is 6.48 Å². The summed E-state index contributed by atoms with van der Waals surface area (Å²) in [5, 5.41) is 0. The molecule has 94 valence electrons. The zero-order chi connectivity index (χ0) is 12.6. The van der Waals surface area contributed by atoms with E-state index in [0.717, 1.165) is 20.1 Å². The smallest absolute Gasteiger partial charge is 0.135 e. The minimum Gasteiger partial charge on any atom is -0.364 e. The van der Waals surface area contributed by atoms with Crippen molar-refractivity contribution in [3.05, 3.63) is 0 Å². The predicted octanol–water partition coefficient (Wildman–Crippen LogP) is 2.93. The Balaban J connectivity index is 3.35. The molecule has 0 aliphatic heterocycles. The summed E-state index contributed by atoms with van der Waals surface area (Å²) in [6.45, 7) is 0. The third kappa shape index (κ3) is 8.61. The maximum absolute atomic E-state index is 5.19. The van der Waals surface area contributed by atoms with Crippen molar-refractivity contribution in [3.8, 4) is 0 Å². The van der Waals surface area contributed by atoms with E-state index >= 15 is 0 Å². The van der Waals surface area contributed by atoms with Crippen LogP contribution in [0.15, 0.2) is 0 Å². The highest BCUT2D eigenvalue weighted by Gasteiger charge is 2.01. The molecular formula is C10H20N2S4. The lowest BCUT2D eigenvalue weighted by molar-refractivity contribution is 0.647. The van der Waals surface area contributed by atoms with Gasteiger partial charge in [0.05, 0.1) is 0 Å². The number of thiocarbonyl (C=S) groups is 2. The first-order chi connectivity index (χ1) is 7.45. The Bertz CT molecular complexity index is 205. The van der Waals surface area contributed by atoms with Gasteiger partial charge >= 0.3 is 0 Å². The molecule has 0 saturated heterocycles. The molecule has 0 spiro atoms. The number of nitrogens with zero attached hydrogens (tertiary/aromatic N) is 2. The largest absolute Gasteiger partial charge is 0.364 e. The lowest BCUT2D eigenvalue weighted by Crippen LogP contribution is -2.17. The summed E-state index contributed by atoms with van der Waals surface area (Å²) >= 11 is 13.9. The Labute approximate surface area is 119 Å². The standard InChI is InChI=1S/C10H20N2S4/c1-11(2)9(13)15-7-5-6-8-16-10(14)12(3)4/h5-8H2,1-4H3. The summed E-state index contributed by atoms with van der Waals surface area (Å²) in [6, 6.07) is 0. The van der Waals surface area contributed by atoms with Gasteiger partial charge in [0.15, 0.2) is 0 Å². The monoisotopic (exact) mass is 296 g/mol. The fourth-order valence-electron chi connectivity index (χ4n) is 0.781. The first kappa shape index (κ1) is 16.5. The van der Waals surface area contributed by atoms with Gasteiger partial charge in [0.25, 0.3) is 0 Å². The van der Waals surface area contributed by atoms with E-state index in [9.17, 15) is 0 Å². The third-order valence-electron chi connectivity index (χ3n) is 1.72. The molecule has 0 radical (unpaired) electrons. The highest BCUT2D eigenvalue weighted by Crippen LogP contribution is 2.13. The molecule has 16 heavy (non-hydrogen) atoms. The molecule has 0 bridgehead atoms. The van der Waals surface area contributed by atoms with E-state index in [2.05, 4.69) is 0 Å². The van der Waals surface area contributed by atoms with E-state index in [1.54, 1.807) is 23.5 Å². The Morgan fingerprint density at radius 3 is 1.38 bits per heavy atom. The van der Waals surface area contributed by atoms with Crippen molar-refractivity contribution >= 4 is 56.6 Å². The average molecular weight is 297 g/mol. The Morgan fingerprint density at radius 2 is 1.12 bits per heavy atom. The summed E-state index contributed by atoms with van der Waals surface area (Å²) in [4.78, 5) is 3.96. The van der Waals surface area contributed by atoms with Crippen LogP contribution in [0.2, 0.25) is 0 Å². The fourth-order valence-corrected chi connectivity index (χ4v) is 2.84. The van der Waals surface area contributed by atoms with Crippen molar-refractivity contribution < 1.29 is 0 Å². The van der Waals surface area contributed by atoms with Crippen LogP contribution >= 0.6 is 48.0 Å². The maximum atomic E-state index is 5.19. The molecule has 0 aromatic rings. The molecule has 0 aliphatic carbocycles. The number of thioether (sulfide) groups is 2. The zero-order valence-electron chi connectivity index (χ0n) is 10.4. The minimum atomic E-state index is 0.969. The molecule has 0 unspecified atom stereocenters. The van der Waals surface area contributed by atoms with Crippen molar-refractivity contribution in [2.45, 2.75) is 12.8 Å². The molecule has 0 amide bonds. The molecular weight excluding hydrogens is 276 g/mol. The van der Waals surface area contributed by atoms with Gasteiger partial charge in [-0.1, -0.05) is 48.0 Å². The van der Waals surface area contributed by atoms with Gasteiger partial charge in [0, 0.05) is 39.7 Å². The number of rotatable bonds is 5. The molecule has 0 aromatic heterocycles. The van der Waals surface area contributed by atoms with Gasteiger partial charge < -0.3 is 9.80 Å². The molecule has 6 heteroatoms. The molecule has 2 nitrogen and oxygen atoms in total. The quantitative estimate of drug-likeness (QED) is 0.564. The van der Waals surface area contributed by atoms with Crippen molar-refractivity contribution in [3.63, 3.8) is 0 Å². The van der Waals surface area contributed by atoms with Crippen LogP contribution in [-0.4, -0.2) is 58.1 Å². The first-order valence-electron chi connectivity index (χ1n) is 5.13. The summed E-state index contributed by atoms with van der Waals surface area (Å²) < 4.78 is 1.94. The van der Waals surface area contributed by atoms with Gasteiger partial charge in [-0.25, -0.2) is 0 Å². The normalized spacial score (nSPS) is 10.0. The summed E-state index contributed by atoms with van der Waals surface area (Å²) in [7, 11) is 7.95. The fraction of sp³-hybridized carbons (Fsp3) is 0.800. The minimum absolute atomic E-state index is 0.969. The van der Waals surface area contributed by atoms with E-state index < -0.39 is 0 Å². The van der Waals surface area contributed by atoms with Crippen LogP contribution in [0.1, 0.15) is 12.8 Å². The average Bonchev–Trinajstić information content (AvgIpc) is 2.21. The van der Waals surface area contributed by atoms with Gasteiger partial charge in [-0.15, -0.1) is 0 Å². The summed E-state index contributed by atoms with van der Waals surface area (Å²) in [6.07, 6.45) is 2.39. The van der Waals surface area contributed by atoms with Gasteiger partial charge in [-0.2, -0.15) is 0 Å². The van der Waals surface area contributed by atoms with Crippen LogP contribution in [0, 0.1) is 0 Å². The van der Waals surface area contributed by atoms with Crippen LogP contribution in [0.4, 0.5) is 0 Å². The van der Waals surface area contributed by atoms with Crippen LogP contribution in [0.3, 0.4) is 0 Å². The van der Waals surface area contributed by atoms with E-state index in [-0.39, 0.29) is 0 Å². The molecule has 0 N–H and O–H groups in total. The van der Waals surface area contributed by atoms with Crippen molar-refractivity contribution in [1.82, 2.24) is 9.80 Å². The van der Waals surface area contributed by atoms with Crippen LogP contribution in [-0.2, 0) is 0 Å². The zero-order valence-corrected chi connectivity index (χ0v) is 13.6. The van der Waals surface area contributed by atoms with E-state index in [1.165, 1.54) is 12.8 Å². The highest BCUT2D eigenvalue weighted by molar-refractivity contribution is 8.23. The molecule has 0 saturated carbocycles.